The highest BCUT2D eigenvalue weighted by atomic mass is 19.4. The predicted molar refractivity (Wildman–Crippen MR) is 74.5 cm³/mol. The zero-order chi connectivity index (χ0) is 15.5. The first-order chi connectivity index (χ1) is 9.88. The summed E-state index contributed by atoms with van der Waals surface area (Å²) in [4.78, 5) is 0. The third-order valence-corrected chi connectivity index (χ3v) is 2.97. The first kappa shape index (κ1) is 15.1. The second-order valence-electron chi connectivity index (χ2n) is 4.62. The van der Waals surface area contributed by atoms with E-state index in [9.17, 15) is 18.3 Å². The molecule has 0 spiro atoms. The summed E-state index contributed by atoms with van der Waals surface area (Å²) in [5.74, 6) is 5.13. The minimum absolute atomic E-state index is 0.232. The number of aryl methyl sites for hydroxylation is 1. The maximum absolute atomic E-state index is 12.9. The highest BCUT2D eigenvalue weighted by molar-refractivity contribution is 5.40. The van der Waals surface area contributed by atoms with E-state index in [4.69, 9.17) is 0 Å². The summed E-state index contributed by atoms with van der Waals surface area (Å²) in [7, 11) is 0. The van der Waals surface area contributed by atoms with Crippen molar-refractivity contribution < 1.29 is 18.3 Å². The fourth-order valence-corrected chi connectivity index (χ4v) is 1.86. The molecule has 0 aliphatic rings. The molecule has 2 aromatic carbocycles. The number of aliphatic hydroxyl groups is 1. The molecule has 0 heterocycles. The first-order valence-electron chi connectivity index (χ1n) is 6.30. The number of halogens is 3. The molecule has 0 amide bonds. The number of benzene rings is 2. The van der Waals surface area contributed by atoms with Gasteiger partial charge < -0.3 is 5.11 Å². The van der Waals surface area contributed by atoms with E-state index in [-0.39, 0.29) is 5.56 Å². The van der Waals surface area contributed by atoms with Crippen LogP contribution in [0.3, 0.4) is 0 Å². The van der Waals surface area contributed by atoms with Crippen LogP contribution in [0.25, 0.3) is 0 Å². The second kappa shape index (κ2) is 6.02. The standard InChI is InChI=1S/C17H13F3O/c1-12-6-8-13(9-7-12)10-11-16(21)14-4-2-3-5-15(14)17(18,19)20/h2-9,16,21H,1H3. The molecule has 0 aliphatic heterocycles. The number of rotatable bonds is 1. The third-order valence-electron chi connectivity index (χ3n) is 2.97. The summed E-state index contributed by atoms with van der Waals surface area (Å²) < 4.78 is 38.6. The summed E-state index contributed by atoms with van der Waals surface area (Å²) in [5.41, 5.74) is 0.605. The molecule has 21 heavy (non-hydrogen) atoms. The molecule has 0 bridgehead atoms. The van der Waals surface area contributed by atoms with Crippen LogP contribution in [-0.2, 0) is 6.18 Å². The second-order valence-corrected chi connectivity index (χ2v) is 4.62. The fraction of sp³-hybridized carbons (Fsp3) is 0.176. The minimum Gasteiger partial charge on any atom is -0.376 e. The van der Waals surface area contributed by atoms with Gasteiger partial charge in [0.2, 0.25) is 0 Å². The van der Waals surface area contributed by atoms with Gasteiger partial charge in [-0.05, 0) is 25.1 Å². The zero-order valence-electron chi connectivity index (χ0n) is 11.3. The highest BCUT2D eigenvalue weighted by Crippen LogP contribution is 2.34. The Morgan fingerprint density at radius 1 is 1.00 bits per heavy atom. The van der Waals surface area contributed by atoms with E-state index >= 15 is 0 Å². The van der Waals surface area contributed by atoms with E-state index in [2.05, 4.69) is 11.8 Å². The summed E-state index contributed by atoms with van der Waals surface area (Å²) in [6.45, 7) is 1.92. The van der Waals surface area contributed by atoms with Crippen molar-refractivity contribution in [2.45, 2.75) is 19.2 Å². The molecule has 1 atom stereocenters. The van der Waals surface area contributed by atoms with Crippen molar-refractivity contribution in [2.24, 2.45) is 0 Å². The molecule has 0 fully saturated rings. The lowest BCUT2D eigenvalue weighted by molar-refractivity contribution is -0.138. The lowest BCUT2D eigenvalue weighted by Gasteiger charge is -2.13. The van der Waals surface area contributed by atoms with Crippen molar-refractivity contribution in [3.05, 3.63) is 70.8 Å². The number of alkyl halides is 3. The van der Waals surface area contributed by atoms with Crippen molar-refractivity contribution in [1.29, 1.82) is 0 Å². The normalized spacial score (nSPS) is 12.4. The van der Waals surface area contributed by atoms with Crippen LogP contribution < -0.4 is 0 Å². The van der Waals surface area contributed by atoms with Crippen LogP contribution in [-0.4, -0.2) is 5.11 Å². The zero-order valence-corrected chi connectivity index (χ0v) is 11.3. The van der Waals surface area contributed by atoms with Crippen molar-refractivity contribution in [2.75, 3.05) is 0 Å². The molecule has 0 radical (unpaired) electrons. The van der Waals surface area contributed by atoms with Gasteiger partial charge >= 0.3 is 6.18 Å². The van der Waals surface area contributed by atoms with E-state index in [1.165, 1.54) is 18.2 Å². The summed E-state index contributed by atoms with van der Waals surface area (Å²) >= 11 is 0. The molecular weight excluding hydrogens is 277 g/mol. The number of hydrogen-bond donors (Lipinski definition) is 1. The number of hydrogen-bond acceptors (Lipinski definition) is 1. The van der Waals surface area contributed by atoms with Crippen molar-refractivity contribution in [3.8, 4) is 11.8 Å². The monoisotopic (exact) mass is 290 g/mol. The highest BCUT2D eigenvalue weighted by Gasteiger charge is 2.34. The summed E-state index contributed by atoms with van der Waals surface area (Å²) in [6.07, 6.45) is -5.99. The molecule has 1 nitrogen and oxygen atoms in total. The molecule has 1 unspecified atom stereocenters. The average Bonchev–Trinajstić information content (AvgIpc) is 2.45. The molecule has 2 aromatic rings. The maximum atomic E-state index is 12.9. The Kier molecular flexibility index (Phi) is 4.35. The van der Waals surface area contributed by atoms with E-state index in [1.54, 1.807) is 12.1 Å². The van der Waals surface area contributed by atoms with Crippen molar-refractivity contribution >= 4 is 0 Å². The van der Waals surface area contributed by atoms with Gasteiger partial charge in [-0.25, -0.2) is 0 Å². The fourth-order valence-electron chi connectivity index (χ4n) is 1.86. The lowest BCUT2D eigenvalue weighted by Crippen LogP contribution is -2.11. The van der Waals surface area contributed by atoms with Crippen LogP contribution in [0.15, 0.2) is 48.5 Å². The average molecular weight is 290 g/mol. The van der Waals surface area contributed by atoms with E-state index in [0.717, 1.165) is 11.6 Å². The predicted octanol–water partition coefficient (Wildman–Crippen LogP) is 4.10. The van der Waals surface area contributed by atoms with Crippen LogP contribution in [0.2, 0.25) is 0 Å². The van der Waals surface area contributed by atoms with Crippen molar-refractivity contribution in [1.82, 2.24) is 0 Å². The third kappa shape index (κ3) is 3.87. The molecule has 0 saturated carbocycles. The van der Waals surface area contributed by atoms with Gasteiger partial charge in [0.05, 0.1) is 5.56 Å². The molecule has 0 aliphatic carbocycles. The quantitative estimate of drug-likeness (QED) is 0.784. The largest absolute Gasteiger partial charge is 0.416 e. The van der Waals surface area contributed by atoms with Gasteiger partial charge in [0, 0.05) is 11.1 Å². The van der Waals surface area contributed by atoms with Gasteiger partial charge in [-0.1, -0.05) is 47.7 Å². The molecule has 2 rings (SSSR count). The Morgan fingerprint density at radius 2 is 1.62 bits per heavy atom. The van der Waals surface area contributed by atoms with Crippen LogP contribution in [0.4, 0.5) is 13.2 Å². The van der Waals surface area contributed by atoms with E-state index < -0.39 is 17.8 Å². The number of aliphatic hydroxyl groups excluding tert-OH is 1. The first-order valence-corrected chi connectivity index (χ1v) is 6.30. The molecule has 4 heteroatoms. The van der Waals surface area contributed by atoms with Crippen LogP contribution >= 0.6 is 0 Å². The van der Waals surface area contributed by atoms with Gasteiger partial charge in [-0.2, -0.15) is 13.2 Å². The van der Waals surface area contributed by atoms with Crippen LogP contribution in [0.1, 0.15) is 28.4 Å². The molecule has 0 aromatic heterocycles. The molecule has 108 valence electrons. The lowest BCUT2D eigenvalue weighted by atomic mass is 10.0. The van der Waals surface area contributed by atoms with Crippen molar-refractivity contribution in [3.63, 3.8) is 0 Å². The minimum atomic E-state index is -4.51. The Bertz CT molecular complexity index is 676. The van der Waals surface area contributed by atoms with Gasteiger partial charge in [0.1, 0.15) is 6.10 Å². The SMILES string of the molecule is Cc1ccc(C#CC(O)c2ccccc2C(F)(F)F)cc1. The topological polar surface area (TPSA) is 20.2 Å². The van der Waals surface area contributed by atoms with Crippen LogP contribution in [0.5, 0.6) is 0 Å². The Balaban J connectivity index is 2.30. The Labute approximate surface area is 121 Å². The maximum Gasteiger partial charge on any atom is 0.416 e. The van der Waals surface area contributed by atoms with E-state index in [1.807, 2.05) is 19.1 Å². The summed E-state index contributed by atoms with van der Waals surface area (Å²) in [6, 6.07) is 12.1. The Hall–Kier alpha value is -2.25. The van der Waals surface area contributed by atoms with Gasteiger partial charge in [0.15, 0.2) is 0 Å². The summed E-state index contributed by atoms with van der Waals surface area (Å²) in [5, 5.41) is 9.91. The molecular formula is C17H13F3O. The smallest absolute Gasteiger partial charge is 0.376 e. The molecule has 1 N–H and O–H groups in total. The molecule has 0 saturated heterocycles. The van der Waals surface area contributed by atoms with Crippen LogP contribution in [0, 0.1) is 18.8 Å². The Morgan fingerprint density at radius 3 is 2.24 bits per heavy atom. The van der Waals surface area contributed by atoms with Gasteiger partial charge in [0.25, 0.3) is 0 Å². The van der Waals surface area contributed by atoms with E-state index in [0.29, 0.717) is 5.56 Å². The van der Waals surface area contributed by atoms with Gasteiger partial charge in [-0.15, -0.1) is 0 Å². The van der Waals surface area contributed by atoms with Gasteiger partial charge in [-0.3, -0.25) is 0 Å².